The Labute approximate surface area is 173 Å². The Balaban J connectivity index is 0. The molecule has 0 aliphatic heterocycles. The van der Waals surface area contributed by atoms with Crippen molar-refractivity contribution in [1.82, 2.24) is 11.1 Å². The van der Waals surface area contributed by atoms with Gasteiger partial charge >= 0.3 is 0 Å². The second kappa shape index (κ2) is 19.4. The third-order valence-electron chi connectivity index (χ3n) is 4.76. The quantitative estimate of drug-likeness (QED) is 0.172. The molecule has 0 rings (SSSR count). The number of rotatable bonds is 18. The van der Waals surface area contributed by atoms with E-state index >= 15 is 0 Å². The maximum absolute atomic E-state index is 11.8. The predicted octanol–water partition coefficient (Wildman–Crippen LogP) is 5.53. The van der Waals surface area contributed by atoms with Crippen LogP contribution in [-0.4, -0.2) is 43.1 Å². The van der Waals surface area contributed by atoms with Gasteiger partial charge in [-0.2, -0.15) is 8.42 Å². The Morgan fingerprint density at radius 3 is 1.82 bits per heavy atom. The molecule has 7 heteroatoms. The Bertz CT molecular complexity index is 493. The Kier molecular flexibility index (Phi) is 20.3. The molecule has 28 heavy (non-hydrogen) atoms. The van der Waals surface area contributed by atoms with E-state index < -0.39 is 15.9 Å². The van der Waals surface area contributed by atoms with Crippen molar-refractivity contribution in [3.63, 3.8) is 0 Å². The molecule has 0 aliphatic carbocycles. The van der Waals surface area contributed by atoms with Gasteiger partial charge in [0.15, 0.2) is 0 Å². The predicted molar refractivity (Wildman–Crippen MR) is 119 cm³/mol. The summed E-state index contributed by atoms with van der Waals surface area (Å²) in [5.41, 5.74) is 0. The molecule has 1 amide bonds. The zero-order valence-corrected chi connectivity index (χ0v) is 19.0. The molecule has 0 unspecified atom stereocenters. The first kappa shape index (κ1) is 29.3. The summed E-state index contributed by atoms with van der Waals surface area (Å²) in [6, 6.07) is 0. The molecule has 0 saturated carbocycles. The number of amides is 1. The van der Waals surface area contributed by atoms with Crippen molar-refractivity contribution < 1.29 is 17.8 Å². The molecule has 0 bridgehead atoms. The van der Waals surface area contributed by atoms with Gasteiger partial charge in [0, 0.05) is 20.0 Å². The SMILES string of the molecule is CCCCCCCC/C=C\CCCCCCCC(=O)N(C)CCS(=O)(=O)O.N. The van der Waals surface area contributed by atoms with Gasteiger partial charge in [0.1, 0.15) is 0 Å². The molecule has 6 nitrogen and oxygen atoms in total. The van der Waals surface area contributed by atoms with Gasteiger partial charge in [0.25, 0.3) is 10.1 Å². The third kappa shape index (κ3) is 21.4. The van der Waals surface area contributed by atoms with Crippen LogP contribution in [0.25, 0.3) is 0 Å². The van der Waals surface area contributed by atoms with Gasteiger partial charge in [-0.3, -0.25) is 9.35 Å². The van der Waals surface area contributed by atoms with E-state index in [0.717, 1.165) is 25.7 Å². The monoisotopic (exact) mass is 420 g/mol. The summed E-state index contributed by atoms with van der Waals surface area (Å²) in [5.74, 6) is -0.460. The van der Waals surface area contributed by atoms with E-state index in [1.807, 2.05) is 0 Å². The summed E-state index contributed by atoms with van der Waals surface area (Å²) >= 11 is 0. The number of carbonyl (C=O) groups excluding carboxylic acids is 1. The topological polar surface area (TPSA) is 110 Å². The van der Waals surface area contributed by atoms with Crippen molar-refractivity contribution in [1.29, 1.82) is 0 Å². The lowest BCUT2D eigenvalue weighted by Gasteiger charge is -2.16. The van der Waals surface area contributed by atoms with Gasteiger partial charge < -0.3 is 11.1 Å². The van der Waals surface area contributed by atoms with Crippen LogP contribution in [0.15, 0.2) is 12.2 Å². The van der Waals surface area contributed by atoms with E-state index in [1.165, 1.54) is 62.7 Å². The van der Waals surface area contributed by atoms with E-state index in [-0.39, 0.29) is 18.6 Å². The summed E-state index contributed by atoms with van der Waals surface area (Å²) in [7, 11) is -2.43. The average molecular weight is 421 g/mol. The maximum Gasteiger partial charge on any atom is 0.266 e. The van der Waals surface area contributed by atoms with E-state index in [9.17, 15) is 13.2 Å². The van der Waals surface area contributed by atoms with Gasteiger partial charge in [-0.15, -0.1) is 0 Å². The highest BCUT2D eigenvalue weighted by Gasteiger charge is 2.12. The van der Waals surface area contributed by atoms with Crippen molar-refractivity contribution in [3.8, 4) is 0 Å². The molecule has 0 spiro atoms. The van der Waals surface area contributed by atoms with E-state index in [1.54, 1.807) is 7.05 Å². The fraction of sp³-hybridized carbons (Fsp3) is 0.857. The standard InChI is InChI=1S/C21H41NO4S.H3N/c1-3-4-5-6-7-8-9-10-11-12-13-14-15-16-17-18-21(23)22(2)19-20-27(24,25)26;/h10-11H,3-9,12-20H2,1-2H3,(H,24,25,26);1H3/b11-10-;. The Morgan fingerprint density at radius 2 is 1.32 bits per heavy atom. The van der Waals surface area contributed by atoms with Gasteiger partial charge in [-0.1, -0.05) is 70.4 Å². The van der Waals surface area contributed by atoms with E-state index in [2.05, 4.69) is 19.1 Å². The molecule has 0 aliphatic rings. The van der Waals surface area contributed by atoms with Crippen molar-refractivity contribution in [2.24, 2.45) is 0 Å². The van der Waals surface area contributed by atoms with Crippen molar-refractivity contribution >= 4 is 16.0 Å². The first-order valence-electron chi connectivity index (χ1n) is 10.7. The number of hydrogen-bond donors (Lipinski definition) is 2. The Hall–Kier alpha value is -0.920. The summed E-state index contributed by atoms with van der Waals surface area (Å²) in [4.78, 5) is 13.2. The summed E-state index contributed by atoms with van der Waals surface area (Å²) in [6.45, 7) is 2.29. The molecule has 0 aromatic heterocycles. The average Bonchev–Trinajstić information content (AvgIpc) is 2.62. The minimum Gasteiger partial charge on any atom is -0.345 e. The molecular weight excluding hydrogens is 376 g/mol. The summed E-state index contributed by atoms with van der Waals surface area (Å²) < 4.78 is 30.1. The van der Waals surface area contributed by atoms with Gasteiger partial charge in [-0.05, 0) is 32.1 Å². The fourth-order valence-electron chi connectivity index (χ4n) is 2.91. The van der Waals surface area contributed by atoms with Crippen LogP contribution in [0.1, 0.15) is 96.8 Å². The van der Waals surface area contributed by atoms with Crippen LogP contribution in [0.4, 0.5) is 0 Å². The molecule has 168 valence electrons. The largest absolute Gasteiger partial charge is 0.345 e. The van der Waals surface area contributed by atoms with Crippen LogP contribution in [-0.2, 0) is 14.9 Å². The zero-order valence-electron chi connectivity index (χ0n) is 18.2. The first-order chi connectivity index (χ1) is 12.9. The second-order valence-corrected chi connectivity index (χ2v) is 9.01. The number of hydrogen-bond acceptors (Lipinski definition) is 4. The van der Waals surface area contributed by atoms with Crippen LogP contribution in [0.2, 0.25) is 0 Å². The highest BCUT2D eigenvalue weighted by molar-refractivity contribution is 7.85. The molecule has 0 aromatic carbocycles. The van der Waals surface area contributed by atoms with Crippen LogP contribution in [0, 0.1) is 0 Å². The molecule has 0 radical (unpaired) electrons. The van der Waals surface area contributed by atoms with E-state index in [4.69, 9.17) is 4.55 Å². The molecule has 4 N–H and O–H groups in total. The van der Waals surface area contributed by atoms with Gasteiger partial charge in [-0.25, -0.2) is 0 Å². The molecule has 0 aromatic rings. The molecule has 0 saturated heterocycles. The number of nitrogens with zero attached hydrogens (tertiary/aromatic N) is 1. The summed E-state index contributed by atoms with van der Waals surface area (Å²) in [6.07, 6.45) is 20.9. The highest BCUT2D eigenvalue weighted by Crippen LogP contribution is 2.10. The van der Waals surface area contributed by atoms with Crippen LogP contribution in [0.5, 0.6) is 0 Å². The lowest BCUT2D eigenvalue weighted by Crippen LogP contribution is -2.31. The minimum absolute atomic E-state index is 0. The Morgan fingerprint density at radius 1 is 0.857 bits per heavy atom. The normalized spacial score (nSPS) is 11.5. The lowest BCUT2D eigenvalue weighted by atomic mass is 10.1. The van der Waals surface area contributed by atoms with E-state index in [0.29, 0.717) is 6.42 Å². The second-order valence-electron chi connectivity index (χ2n) is 7.44. The van der Waals surface area contributed by atoms with Gasteiger partial charge in [0.2, 0.25) is 5.91 Å². The summed E-state index contributed by atoms with van der Waals surface area (Å²) in [5, 5.41) is 0. The molecule has 0 heterocycles. The van der Waals surface area contributed by atoms with Crippen LogP contribution < -0.4 is 6.15 Å². The minimum atomic E-state index is -4.00. The number of unbranched alkanes of at least 4 members (excludes halogenated alkanes) is 11. The van der Waals surface area contributed by atoms with Gasteiger partial charge in [0.05, 0.1) is 5.75 Å². The maximum atomic E-state index is 11.8. The fourth-order valence-corrected chi connectivity index (χ4v) is 3.42. The third-order valence-corrected chi connectivity index (χ3v) is 5.46. The van der Waals surface area contributed by atoms with Crippen LogP contribution in [0.3, 0.4) is 0 Å². The lowest BCUT2D eigenvalue weighted by molar-refractivity contribution is -0.129. The van der Waals surface area contributed by atoms with Crippen molar-refractivity contribution in [2.75, 3.05) is 19.3 Å². The van der Waals surface area contributed by atoms with Crippen molar-refractivity contribution in [2.45, 2.75) is 96.8 Å². The van der Waals surface area contributed by atoms with Crippen LogP contribution >= 0.6 is 0 Å². The molecular formula is C21H44N2O4S. The molecule has 0 atom stereocenters. The number of carbonyl (C=O) groups is 1. The zero-order chi connectivity index (χ0) is 20.4. The van der Waals surface area contributed by atoms with Crippen molar-refractivity contribution in [3.05, 3.63) is 12.2 Å². The number of allylic oxidation sites excluding steroid dienone is 2. The highest BCUT2D eigenvalue weighted by atomic mass is 32.2. The molecule has 0 fully saturated rings. The first-order valence-corrected chi connectivity index (χ1v) is 12.3. The smallest absolute Gasteiger partial charge is 0.266 e.